The Hall–Kier alpha value is 0.270. The smallest absolute Gasteiger partial charge is 0.327 e. The third-order valence-corrected chi connectivity index (χ3v) is 0.972. The van der Waals surface area contributed by atoms with Crippen LogP contribution in [0.1, 0.15) is 0 Å². The van der Waals surface area contributed by atoms with Gasteiger partial charge in [0.1, 0.15) is 0 Å². The lowest BCUT2D eigenvalue weighted by Crippen LogP contribution is -2.12. The third-order valence-electron chi connectivity index (χ3n) is 0.559. The van der Waals surface area contributed by atoms with E-state index in [0.29, 0.717) is 13.2 Å². The van der Waals surface area contributed by atoms with E-state index < -0.39 is 8.60 Å². The van der Waals surface area contributed by atoms with Crippen molar-refractivity contribution in [3.05, 3.63) is 0 Å². The molecule has 0 amide bonds. The van der Waals surface area contributed by atoms with Gasteiger partial charge in [0.25, 0.3) is 0 Å². The average Bonchev–Trinajstić information content (AvgIpc) is 1.66. The van der Waals surface area contributed by atoms with E-state index >= 15 is 0 Å². The van der Waals surface area contributed by atoms with E-state index in [1.54, 1.807) is 7.05 Å². The topological polar surface area (TPSA) is 61.7 Å². The second-order valence-corrected chi connectivity index (χ2v) is 1.95. The molecule has 0 aromatic rings. The molecule has 0 radical (unpaired) electrons. The first-order chi connectivity index (χ1) is 3.77. The van der Waals surface area contributed by atoms with Gasteiger partial charge in [-0.15, -0.1) is 0 Å². The van der Waals surface area contributed by atoms with Gasteiger partial charge in [-0.2, -0.15) is 0 Å². The van der Waals surface area contributed by atoms with Crippen molar-refractivity contribution >= 4 is 8.60 Å². The van der Waals surface area contributed by atoms with Crippen LogP contribution in [0.3, 0.4) is 0 Å². The van der Waals surface area contributed by atoms with E-state index in [-0.39, 0.29) is 0 Å². The monoisotopic (exact) mass is 139 g/mol. The van der Waals surface area contributed by atoms with Crippen molar-refractivity contribution < 1.29 is 14.3 Å². The standard InChI is InChI=1S/C3H10NO3P/c1-4-2-3-7-8(5)6/h4-6H,2-3H2,1H3. The number of rotatable bonds is 4. The van der Waals surface area contributed by atoms with Crippen LogP contribution in [0.2, 0.25) is 0 Å². The van der Waals surface area contributed by atoms with Gasteiger partial charge >= 0.3 is 8.60 Å². The minimum atomic E-state index is -2.15. The van der Waals surface area contributed by atoms with Crippen molar-refractivity contribution in [3.63, 3.8) is 0 Å². The normalized spacial score (nSPS) is 10.5. The first-order valence-electron chi connectivity index (χ1n) is 2.22. The van der Waals surface area contributed by atoms with Gasteiger partial charge < -0.3 is 19.6 Å². The molecule has 0 aliphatic heterocycles. The van der Waals surface area contributed by atoms with Crippen LogP contribution in [-0.2, 0) is 4.52 Å². The van der Waals surface area contributed by atoms with Gasteiger partial charge in [-0.25, -0.2) is 0 Å². The number of hydrogen-bond acceptors (Lipinski definition) is 4. The molecule has 0 unspecified atom stereocenters. The Morgan fingerprint density at radius 2 is 2.25 bits per heavy atom. The lowest BCUT2D eigenvalue weighted by Gasteiger charge is -2.00. The Morgan fingerprint density at radius 3 is 2.62 bits per heavy atom. The predicted octanol–water partition coefficient (Wildman–Crippen LogP) is -0.566. The molecule has 0 aromatic carbocycles. The second kappa shape index (κ2) is 5.41. The van der Waals surface area contributed by atoms with Crippen molar-refractivity contribution in [2.24, 2.45) is 0 Å². The molecule has 3 N–H and O–H groups in total. The maximum Gasteiger partial charge on any atom is 0.327 e. The second-order valence-electron chi connectivity index (χ2n) is 1.19. The molecule has 0 fully saturated rings. The summed E-state index contributed by atoms with van der Waals surface area (Å²) in [6.45, 7) is 0.981. The summed E-state index contributed by atoms with van der Waals surface area (Å²) in [5, 5.41) is 2.79. The summed E-state index contributed by atoms with van der Waals surface area (Å²) in [7, 11) is -0.388. The van der Waals surface area contributed by atoms with E-state index in [4.69, 9.17) is 9.79 Å². The van der Waals surface area contributed by atoms with Gasteiger partial charge in [-0.3, -0.25) is 0 Å². The number of hydrogen-bond donors (Lipinski definition) is 3. The van der Waals surface area contributed by atoms with E-state index in [2.05, 4.69) is 9.84 Å². The highest BCUT2D eigenvalue weighted by Crippen LogP contribution is 2.22. The van der Waals surface area contributed by atoms with Crippen LogP contribution >= 0.6 is 8.60 Å². The van der Waals surface area contributed by atoms with Crippen molar-refractivity contribution in [1.82, 2.24) is 5.32 Å². The zero-order chi connectivity index (χ0) is 6.41. The lowest BCUT2D eigenvalue weighted by molar-refractivity contribution is 0.257. The summed E-state index contributed by atoms with van der Waals surface area (Å²) in [4.78, 5) is 16.3. The Morgan fingerprint density at radius 1 is 1.62 bits per heavy atom. The van der Waals surface area contributed by atoms with E-state index in [1.807, 2.05) is 0 Å². The molecule has 5 heteroatoms. The van der Waals surface area contributed by atoms with Crippen molar-refractivity contribution in [2.75, 3.05) is 20.2 Å². The molecule has 0 saturated carbocycles. The van der Waals surface area contributed by atoms with Gasteiger partial charge in [-0.1, -0.05) is 0 Å². The fourth-order valence-electron chi connectivity index (χ4n) is 0.229. The zero-order valence-electron chi connectivity index (χ0n) is 4.66. The van der Waals surface area contributed by atoms with Gasteiger partial charge in [0, 0.05) is 6.54 Å². The lowest BCUT2D eigenvalue weighted by atomic mass is 10.7. The highest BCUT2D eigenvalue weighted by Gasteiger charge is 1.94. The quantitative estimate of drug-likeness (QED) is 0.360. The van der Waals surface area contributed by atoms with Crippen molar-refractivity contribution in [2.45, 2.75) is 0 Å². The van der Waals surface area contributed by atoms with Gasteiger partial charge in [0.05, 0.1) is 6.61 Å². The number of nitrogens with one attached hydrogen (secondary N) is 1. The van der Waals surface area contributed by atoms with E-state index in [1.165, 1.54) is 0 Å². The molecule has 0 aliphatic rings. The first-order valence-corrected chi connectivity index (χ1v) is 3.39. The van der Waals surface area contributed by atoms with E-state index in [9.17, 15) is 0 Å². The molecule has 8 heavy (non-hydrogen) atoms. The molecule has 0 spiro atoms. The van der Waals surface area contributed by atoms with Gasteiger partial charge in [0.15, 0.2) is 0 Å². The summed E-state index contributed by atoms with van der Waals surface area (Å²) in [6.07, 6.45) is 0. The average molecular weight is 139 g/mol. The first kappa shape index (κ1) is 8.27. The molecular formula is C3H10NO3P. The van der Waals surface area contributed by atoms with Crippen molar-refractivity contribution in [1.29, 1.82) is 0 Å². The summed E-state index contributed by atoms with van der Waals surface area (Å²) in [6, 6.07) is 0. The molecule has 0 atom stereocenters. The summed E-state index contributed by atoms with van der Waals surface area (Å²) in [5.74, 6) is 0. The molecule has 0 bridgehead atoms. The highest BCUT2D eigenvalue weighted by molar-refractivity contribution is 7.39. The third kappa shape index (κ3) is 6.27. The largest absolute Gasteiger partial charge is 0.328 e. The summed E-state index contributed by atoms with van der Waals surface area (Å²) in [5.41, 5.74) is 0. The molecule has 0 aliphatic carbocycles. The molecule has 4 nitrogen and oxygen atoms in total. The van der Waals surface area contributed by atoms with Crippen LogP contribution in [0.4, 0.5) is 0 Å². The van der Waals surface area contributed by atoms with Crippen LogP contribution in [0.15, 0.2) is 0 Å². The van der Waals surface area contributed by atoms with E-state index in [0.717, 1.165) is 0 Å². The predicted molar refractivity (Wildman–Crippen MR) is 31.2 cm³/mol. The molecule has 0 saturated heterocycles. The Balaban J connectivity index is 2.72. The molecule has 0 rings (SSSR count). The number of likely N-dealkylation sites (N-methyl/N-ethyl adjacent to an activating group) is 1. The van der Waals surface area contributed by atoms with Crippen LogP contribution in [0.25, 0.3) is 0 Å². The maximum atomic E-state index is 8.15. The van der Waals surface area contributed by atoms with Gasteiger partial charge in [0.2, 0.25) is 0 Å². The highest BCUT2D eigenvalue weighted by atomic mass is 31.2. The minimum absolute atomic E-state index is 0.342. The summed E-state index contributed by atoms with van der Waals surface area (Å²) >= 11 is 0. The molecular weight excluding hydrogens is 129 g/mol. The van der Waals surface area contributed by atoms with Crippen molar-refractivity contribution in [3.8, 4) is 0 Å². The maximum absolute atomic E-state index is 8.15. The fourth-order valence-corrected chi connectivity index (χ4v) is 0.484. The van der Waals surface area contributed by atoms with Crippen LogP contribution in [-0.4, -0.2) is 30.0 Å². The SMILES string of the molecule is CNCCOP(O)O. The molecule has 0 aromatic heterocycles. The zero-order valence-corrected chi connectivity index (χ0v) is 5.56. The van der Waals surface area contributed by atoms with Crippen LogP contribution in [0, 0.1) is 0 Å². The summed E-state index contributed by atoms with van der Waals surface area (Å²) < 4.78 is 4.40. The molecule has 0 heterocycles. The fraction of sp³-hybridized carbons (Fsp3) is 1.00. The molecule has 50 valence electrons. The Kier molecular flexibility index (Phi) is 5.59. The van der Waals surface area contributed by atoms with Crippen LogP contribution < -0.4 is 5.32 Å². The Bertz CT molecular complexity index is 51.8. The Labute approximate surface area is 49.5 Å². The van der Waals surface area contributed by atoms with Crippen LogP contribution in [0.5, 0.6) is 0 Å². The minimum Gasteiger partial charge on any atom is -0.328 e. The van der Waals surface area contributed by atoms with Gasteiger partial charge in [-0.05, 0) is 7.05 Å².